The van der Waals surface area contributed by atoms with E-state index in [-0.39, 0.29) is 0 Å². The van der Waals surface area contributed by atoms with Gasteiger partial charge in [0, 0.05) is 13.1 Å². The Morgan fingerprint density at radius 3 is 2.47 bits per heavy atom. The first-order valence-electron chi connectivity index (χ1n) is 5.86. The van der Waals surface area contributed by atoms with E-state index in [4.69, 9.17) is 0 Å². The van der Waals surface area contributed by atoms with Crippen LogP contribution in [0, 0.1) is 18.8 Å². The average Bonchev–Trinajstić information content (AvgIpc) is 2.59. The first-order chi connectivity index (χ1) is 7.31. The van der Waals surface area contributed by atoms with Gasteiger partial charge in [-0.1, -0.05) is 0 Å². The highest BCUT2D eigenvalue weighted by Crippen LogP contribution is 2.37. The van der Waals surface area contributed by atoms with E-state index < -0.39 is 0 Å². The molecule has 2 fully saturated rings. The number of nitrogens with zero attached hydrogens (tertiary/aromatic N) is 3. The summed E-state index contributed by atoms with van der Waals surface area (Å²) >= 11 is 0. The Labute approximate surface area is 90.5 Å². The Hall–Kier alpha value is -1.12. The van der Waals surface area contributed by atoms with Gasteiger partial charge in [0.15, 0.2) is 5.82 Å². The maximum absolute atomic E-state index is 4.27. The van der Waals surface area contributed by atoms with Crippen LogP contribution in [-0.4, -0.2) is 23.3 Å². The minimum Gasteiger partial charge on any atom is -0.355 e. The molecule has 2 heterocycles. The van der Waals surface area contributed by atoms with E-state index in [2.05, 4.69) is 27.2 Å². The molecule has 2 bridgehead atoms. The largest absolute Gasteiger partial charge is 0.355 e. The average molecular weight is 203 g/mol. The predicted octanol–water partition coefficient (Wildman–Crippen LogP) is 2.02. The highest BCUT2D eigenvalue weighted by atomic mass is 15.3. The van der Waals surface area contributed by atoms with E-state index in [1.807, 2.05) is 6.92 Å². The van der Waals surface area contributed by atoms with Crippen molar-refractivity contribution in [1.29, 1.82) is 0 Å². The Morgan fingerprint density at radius 1 is 1.13 bits per heavy atom. The maximum atomic E-state index is 4.27. The molecule has 3 rings (SSSR count). The summed E-state index contributed by atoms with van der Waals surface area (Å²) in [5, 5.41) is 8.41. The van der Waals surface area contributed by atoms with E-state index in [0.29, 0.717) is 0 Å². The number of anilines is 1. The summed E-state index contributed by atoms with van der Waals surface area (Å²) in [5.74, 6) is 2.89. The lowest BCUT2D eigenvalue weighted by Gasteiger charge is -2.32. The van der Waals surface area contributed by atoms with Crippen LogP contribution in [0.2, 0.25) is 0 Å². The van der Waals surface area contributed by atoms with Gasteiger partial charge in [-0.25, -0.2) is 0 Å². The van der Waals surface area contributed by atoms with Crippen molar-refractivity contribution < 1.29 is 0 Å². The molecular formula is C12H17N3. The quantitative estimate of drug-likeness (QED) is 0.699. The van der Waals surface area contributed by atoms with Crippen LogP contribution in [-0.2, 0) is 0 Å². The second-order valence-electron chi connectivity index (χ2n) is 4.98. The highest BCUT2D eigenvalue weighted by molar-refractivity contribution is 5.38. The molecule has 0 N–H and O–H groups in total. The Morgan fingerprint density at radius 2 is 1.87 bits per heavy atom. The van der Waals surface area contributed by atoms with Gasteiger partial charge in [-0.05, 0) is 50.2 Å². The fourth-order valence-corrected chi connectivity index (χ4v) is 2.96. The van der Waals surface area contributed by atoms with Crippen molar-refractivity contribution in [2.24, 2.45) is 11.8 Å². The lowest BCUT2D eigenvalue weighted by Crippen LogP contribution is -2.37. The van der Waals surface area contributed by atoms with Gasteiger partial charge < -0.3 is 4.90 Å². The van der Waals surface area contributed by atoms with Crippen molar-refractivity contribution in [3.63, 3.8) is 0 Å². The van der Waals surface area contributed by atoms with Crippen molar-refractivity contribution in [2.45, 2.75) is 26.2 Å². The molecule has 2 unspecified atom stereocenters. The van der Waals surface area contributed by atoms with E-state index >= 15 is 0 Å². The third-order valence-corrected chi connectivity index (χ3v) is 3.71. The standard InChI is InChI=1S/C12H17N3/c1-9-2-5-12(14-13-9)15-7-10-3-4-11(6-10)8-15/h2,5,10-11H,3-4,6-8H2,1H3. The van der Waals surface area contributed by atoms with Gasteiger partial charge in [0.25, 0.3) is 0 Å². The summed E-state index contributed by atoms with van der Waals surface area (Å²) < 4.78 is 0. The molecule has 80 valence electrons. The topological polar surface area (TPSA) is 29.0 Å². The van der Waals surface area contributed by atoms with Gasteiger partial charge in [0.05, 0.1) is 5.69 Å². The molecule has 1 aromatic rings. The molecule has 1 aliphatic heterocycles. The van der Waals surface area contributed by atoms with Gasteiger partial charge in [-0.2, -0.15) is 5.10 Å². The summed E-state index contributed by atoms with van der Waals surface area (Å²) in [4.78, 5) is 2.41. The van der Waals surface area contributed by atoms with Crippen LogP contribution in [0.1, 0.15) is 25.0 Å². The van der Waals surface area contributed by atoms with E-state index in [9.17, 15) is 0 Å². The number of aryl methyl sites for hydroxylation is 1. The Balaban J connectivity index is 1.80. The molecule has 0 radical (unpaired) electrons. The number of hydrogen-bond donors (Lipinski definition) is 0. The molecule has 2 aliphatic rings. The molecule has 0 amide bonds. The second-order valence-corrected chi connectivity index (χ2v) is 4.98. The number of fused-ring (bicyclic) bond motifs is 2. The minimum atomic E-state index is 0.909. The zero-order valence-electron chi connectivity index (χ0n) is 9.19. The predicted molar refractivity (Wildman–Crippen MR) is 59.8 cm³/mol. The van der Waals surface area contributed by atoms with Crippen LogP contribution in [0.4, 0.5) is 5.82 Å². The SMILES string of the molecule is Cc1ccc(N2CC3CCC(C3)C2)nn1. The van der Waals surface area contributed by atoms with Crippen LogP contribution in [0.5, 0.6) is 0 Å². The third kappa shape index (κ3) is 1.71. The second kappa shape index (κ2) is 3.47. The lowest BCUT2D eigenvalue weighted by molar-refractivity contribution is 0.418. The van der Waals surface area contributed by atoms with Crippen molar-refractivity contribution in [3.05, 3.63) is 17.8 Å². The molecule has 1 saturated heterocycles. The monoisotopic (exact) mass is 203 g/mol. The minimum absolute atomic E-state index is 0.909. The molecule has 1 aliphatic carbocycles. The highest BCUT2D eigenvalue weighted by Gasteiger charge is 2.33. The Bertz CT molecular complexity index is 334. The van der Waals surface area contributed by atoms with Gasteiger partial charge in [-0.3, -0.25) is 0 Å². The molecule has 3 heteroatoms. The van der Waals surface area contributed by atoms with Gasteiger partial charge in [0.1, 0.15) is 0 Å². The molecule has 0 spiro atoms. The zero-order chi connectivity index (χ0) is 10.3. The molecule has 1 aromatic heterocycles. The number of aromatic nitrogens is 2. The first kappa shape index (κ1) is 9.13. The molecule has 1 saturated carbocycles. The summed E-state index contributed by atoms with van der Waals surface area (Å²) in [7, 11) is 0. The fourth-order valence-electron chi connectivity index (χ4n) is 2.96. The van der Waals surface area contributed by atoms with Crippen molar-refractivity contribution >= 4 is 5.82 Å². The fraction of sp³-hybridized carbons (Fsp3) is 0.667. The molecule has 2 atom stereocenters. The third-order valence-electron chi connectivity index (χ3n) is 3.71. The van der Waals surface area contributed by atoms with Crippen LogP contribution in [0.25, 0.3) is 0 Å². The molecule has 15 heavy (non-hydrogen) atoms. The van der Waals surface area contributed by atoms with Crippen molar-refractivity contribution in [2.75, 3.05) is 18.0 Å². The lowest BCUT2D eigenvalue weighted by atomic mass is 9.99. The number of rotatable bonds is 1. The van der Waals surface area contributed by atoms with Crippen LogP contribution >= 0.6 is 0 Å². The summed E-state index contributed by atoms with van der Waals surface area (Å²) in [6, 6.07) is 4.16. The van der Waals surface area contributed by atoms with Crippen molar-refractivity contribution in [1.82, 2.24) is 10.2 Å². The zero-order valence-corrected chi connectivity index (χ0v) is 9.19. The van der Waals surface area contributed by atoms with Gasteiger partial charge in [-0.15, -0.1) is 5.10 Å². The molecule has 3 nitrogen and oxygen atoms in total. The van der Waals surface area contributed by atoms with E-state index in [1.165, 1.54) is 32.4 Å². The summed E-state index contributed by atoms with van der Waals surface area (Å²) in [5.41, 5.74) is 0.999. The Kier molecular flexibility index (Phi) is 2.11. The number of hydrogen-bond acceptors (Lipinski definition) is 3. The molecular weight excluding hydrogens is 186 g/mol. The normalized spacial score (nSPS) is 29.5. The number of piperidine rings is 1. The molecule has 0 aromatic carbocycles. The first-order valence-corrected chi connectivity index (χ1v) is 5.86. The van der Waals surface area contributed by atoms with Crippen LogP contribution in [0.3, 0.4) is 0 Å². The summed E-state index contributed by atoms with van der Waals surface area (Å²) in [6.07, 6.45) is 4.27. The summed E-state index contributed by atoms with van der Waals surface area (Å²) in [6.45, 7) is 4.36. The van der Waals surface area contributed by atoms with Crippen LogP contribution < -0.4 is 4.90 Å². The van der Waals surface area contributed by atoms with E-state index in [0.717, 1.165) is 23.3 Å². The maximum Gasteiger partial charge on any atom is 0.151 e. The smallest absolute Gasteiger partial charge is 0.151 e. The van der Waals surface area contributed by atoms with Gasteiger partial charge >= 0.3 is 0 Å². The van der Waals surface area contributed by atoms with Crippen molar-refractivity contribution in [3.8, 4) is 0 Å². The van der Waals surface area contributed by atoms with E-state index in [1.54, 1.807) is 0 Å². The van der Waals surface area contributed by atoms with Gasteiger partial charge in [0.2, 0.25) is 0 Å². The van der Waals surface area contributed by atoms with Crippen LogP contribution in [0.15, 0.2) is 12.1 Å².